The third-order valence-corrected chi connectivity index (χ3v) is 7.51. The van der Waals surface area contributed by atoms with Gasteiger partial charge in [-0.1, -0.05) is 25.1 Å². The van der Waals surface area contributed by atoms with E-state index >= 15 is 0 Å². The maximum Gasteiger partial charge on any atom is 0.244 e. The van der Waals surface area contributed by atoms with Gasteiger partial charge < -0.3 is 14.3 Å². The van der Waals surface area contributed by atoms with Gasteiger partial charge in [0, 0.05) is 58.3 Å². The number of piperidine rings is 1. The second-order valence-corrected chi connectivity index (χ2v) is 10.3. The Bertz CT molecular complexity index is 852. The Kier molecular flexibility index (Phi) is 7.19. The zero-order valence-corrected chi connectivity index (χ0v) is 20.3. The van der Waals surface area contributed by atoms with E-state index in [1.165, 1.54) is 0 Å². The van der Waals surface area contributed by atoms with Crippen LogP contribution in [0.3, 0.4) is 0 Å². The highest BCUT2D eigenvalue weighted by Crippen LogP contribution is 2.48. The molecule has 0 radical (unpaired) electrons. The molecule has 1 aromatic rings. The normalized spacial score (nSPS) is 24.1. The summed E-state index contributed by atoms with van der Waals surface area (Å²) in [5.74, 6) is 1.65. The number of hydrogen-bond donors (Lipinski definition) is 0. The molecule has 3 saturated heterocycles. The highest BCUT2D eigenvalue weighted by molar-refractivity contribution is 5.79. The molecule has 1 unspecified atom stereocenters. The van der Waals surface area contributed by atoms with Crippen LogP contribution in [0.5, 0.6) is 0 Å². The van der Waals surface area contributed by atoms with Gasteiger partial charge in [-0.25, -0.2) is 0 Å². The summed E-state index contributed by atoms with van der Waals surface area (Å²) < 4.78 is 5.56. The molecule has 0 aliphatic carbocycles. The summed E-state index contributed by atoms with van der Waals surface area (Å²) in [4.78, 5) is 38.7. The third kappa shape index (κ3) is 5.30. The van der Waals surface area contributed by atoms with Gasteiger partial charge >= 0.3 is 0 Å². The molecule has 2 amide bonds. The summed E-state index contributed by atoms with van der Waals surface area (Å²) in [6, 6.07) is -0.0513. The second kappa shape index (κ2) is 9.93. The lowest BCUT2D eigenvalue weighted by Crippen LogP contribution is -2.51. The van der Waals surface area contributed by atoms with Gasteiger partial charge in [-0.15, -0.1) is 6.58 Å². The maximum atomic E-state index is 13.2. The van der Waals surface area contributed by atoms with E-state index in [9.17, 15) is 9.59 Å². The summed E-state index contributed by atoms with van der Waals surface area (Å²) in [5, 5.41) is 4.00. The van der Waals surface area contributed by atoms with Gasteiger partial charge in [0.15, 0.2) is 5.82 Å². The van der Waals surface area contributed by atoms with Crippen molar-refractivity contribution in [1.29, 1.82) is 0 Å². The van der Waals surface area contributed by atoms with Crippen LogP contribution in [0.1, 0.15) is 50.9 Å². The van der Waals surface area contributed by atoms with Crippen molar-refractivity contribution < 1.29 is 14.1 Å². The van der Waals surface area contributed by atoms with Crippen molar-refractivity contribution in [3.05, 3.63) is 24.4 Å². The summed E-state index contributed by atoms with van der Waals surface area (Å²) in [6.45, 7) is 16.4. The van der Waals surface area contributed by atoms with Gasteiger partial charge in [0.05, 0.1) is 12.6 Å². The van der Waals surface area contributed by atoms with Crippen LogP contribution in [0.25, 0.3) is 0 Å². The fraction of sp³-hybridized carbons (Fsp3) is 0.750. The zero-order valence-electron chi connectivity index (χ0n) is 20.3. The number of aromatic nitrogens is 2. The number of carbonyl (C=O) groups is 2. The molecule has 1 aromatic heterocycles. The van der Waals surface area contributed by atoms with Crippen LogP contribution in [0.15, 0.2) is 17.2 Å². The number of aryl methyl sites for hydroxylation is 1. The monoisotopic (exact) mass is 458 g/mol. The van der Waals surface area contributed by atoms with Gasteiger partial charge in [0.25, 0.3) is 0 Å². The lowest BCUT2D eigenvalue weighted by atomic mass is 9.76. The molecule has 0 saturated carbocycles. The Balaban J connectivity index is 1.43. The standard InChI is InChI=1S/C24H38N6O3/c1-5-8-27-11-13-28(14-12-27)21(31)16-30-17-24(15-20(30)22-25-19(4)26-33-22)6-9-29(10-7-24)23(32)18(2)3/h5,18,20H,1,6-17H2,2-4H3. The Morgan fingerprint density at radius 2 is 1.85 bits per heavy atom. The number of amides is 2. The molecular formula is C24H38N6O3. The first-order chi connectivity index (χ1) is 15.8. The van der Waals surface area contributed by atoms with Gasteiger partial charge in [-0.3, -0.25) is 19.4 Å². The Morgan fingerprint density at radius 1 is 1.15 bits per heavy atom. The molecule has 1 atom stereocenters. The smallest absolute Gasteiger partial charge is 0.244 e. The number of piperazine rings is 1. The van der Waals surface area contributed by atoms with E-state index in [-0.39, 0.29) is 29.2 Å². The summed E-state index contributed by atoms with van der Waals surface area (Å²) in [5.41, 5.74) is 0.0732. The molecule has 1 spiro atoms. The largest absolute Gasteiger partial charge is 0.342 e. The van der Waals surface area contributed by atoms with E-state index in [1.54, 1.807) is 0 Å². The van der Waals surface area contributed by atoms with Crippen LogP contribution in [-0.2, 0) is 9.59 Å². The minimum Gasteiger partial charge on any atom is -0.342 e. The fourth-order valence-corrected chi connectivity index (χ4v) is 5.57. The first-order valence-corrected chi connectivity index (χ1v) is 12.2. The molecule has 4 heterocycles. The van der Waals surface area contributed by atoms with Crippen molar-refractivity contribution in [3.63, 3.8) is 0 Å². The Morgan fingerprint density at radius 3 is 2.42 bits per heavy atom. The first-order valence-electron chi connectivity index (χ1n) is 12.2. The summed E-state index contributed by atoms with van der Waals surface area (Å²) in [6.07, 6.45) is 4.69. The molecular weight excluding hydrogens is 420 g/mol. The molecule has 0 N–H and O–H groups in total. The number of nitrogens with zero attached hydrogens (tertiary/aromatic N) is 6. The topological polar surface area (TPSA) is 86.0 Å². The summed E-state index contributed by atoms with van der Waals surface area (Å²) >= 11 is 0. The van der Waals surface area contributed by atoms with Crippen molar-refractivity contribution in [2.75, 3.05) is 58.9 Å². The second-order valence-electron chi connectivity index (χ2n) is 10.3. The van der Waals surface area contributed by atoms with Gasteiger partial charge in [-0.05, 0) is 31.6 Å². The minimum absolute atomic E-state index is 0.0258. The molecule has 3 aliphatic rings. The SMILES string of the molecule is C=CCN1CCN(C(=O)CN2CC3(CCN(C(=O)C(C)C)CC3)CC2c2nc(C)no2)CC1. The van der Waals surface area contributed by atoms with Crippen molar-refractivity contribution in [2.45, 2.75) is 46.1 Å². The molecule has 0 aromatic carbocycles. The molecule has 4 rings (SSSR count). The van der Waals surface area contributed by atoms with Crippen LogP contribution in [0.2, 0.25) is 0 Å². The molecule has 3 fully saturated rings. The lowest BCUT2D eigenvalue weighted by Gasteiger charge is -2.40. The van der Waals surface area contributed by atoms with Crippen molar-refractivity contribution in [3.8, 4) is 0 Å². The number of carbonyl (C=O) groups excluding carboxylic acids is 2. The third-order valence-electron chi connectivity index (χ3n) is 7.51. The van der Waals surface area contributed by atoms with Crippen LogP contribution < -0.4 is 0 Å². The first kappa shape index (κ1) is 23.9. The van der Waals surface area contributed by atoms with E-state index in [0.717, 1.165) is 71.6 Å². The van der Waals surface area contributed by atoms with E-state index in [0.29, 0.717) is 18.3 Å². The van der Waals surface area contributed by atoms with Gasteiger partial charge in [0.2, 0.25) is 17.7 Å². The number of hydrogen-bond acceptors (Lipinski definition) is 7. The quantitative estimate of drug-likeness (QED) is 0.600. The Hall–Kier alpha value is -2.26. The van der Waals surface area contributed by atoms with Crippen LogP contribution >= 0.6 is 0 Å². The van der Waals surface area contributed by atoms with E-state index < -0.39 is 0 Å². The van der Waals surface area contributed by atoms with Gasteiger partial charge in [-0.2, -0.15) is 4.98 Å². The van der Waals surface area contributed by atoms with Crippen molar-refractivity contribution in [1.82, 2.24) is 29.7 Å². The van der Waals surface area contributed by atoms with Crippen molar-refractivity contribution in [2.24, 2.45) is 11.3 Å². The average Bonchev–Trinajstić information content (AvgIpc) is 3.38. The van der Waals surface area contributed by atoms with E-state index in [4.69, 9.17) is 4.52 Å². The molecule has 9 heteroatoms. The van der Waals surface area contributed by atoms with Gasteiger partial charge in [0.1, 0.15) is 0 Å². The van der Waals surface area contributed by atoms with Crippen molar-refractivity contribution >= 4 is 11.8 Å². The molecule has 0 bridgehead atoms. The molecule has 33 heavy (non-hydrogen) atoms. The lowest BCUT2D eigenvalue weighted by molar-refractivity contribution is -0.136. The zero-order chi connectivity index (χ0) is 23.6. The fourth-order valence-electron chi connectivity index (χ4n) is 5.57. The maximum absolute atomic E-state index is 13.2. The molecule has 182 valence electrons. The average molecular weight is 459 g/mol. The number of rotatable bonds is 6. The predicted octanol–water partition coefficient (Wildman–Crippen LogP) is 1.72. The van der Waals surface area contributed by atoms with E-state index in [1.807, 2.05) is 36.6 Å². The Labute approximate surface area is 196 Å². The van der Waals surface area contributed by atoms with E-state index in [2.05, 4.69) is 26.5 Å². The number of likely N-dealkylation sites (tertiary alicyclic amines) is 2. The van der Waals surface area contributed by atoms with Crippen LogP contribution in [0, 0.1) is 18.3 Å². The molecule has 3 aliphatic heterocycles. The summed E-state index contributed by atoms with van der Waals surface area (Å²) in [7, 11) is 0. The highest BCUT2D eigenvalue weighted by atomic mass is 16.5. The highest BCUT2D eigenvalue weighted by Gasteiger charge is 2.49. The van der Waals surface area contributed by atoms with Crippen LogP contribution in [0.4, 0.5) is 0 Å². The minimum atomic E-state index is -0.0513. The van der Waals surface area contributed by atoms with Crippen LogP contribution in [-0.4, -0.2) is 100 Å². The predicted molar refractivity (Wildman–Crippen MR) is 124 cm³/mol. The molecule has 9 nitrogen and oxygen atoms in total.